The molecule has 0 atom stereocenters. The number of halogens is 3. The highest BCUT2D eigenvalue weighted by Gasteiger charge is 2.15. The quantitative estimate of drug-likeness (QED) is 0.342. The van der Waals surface area contributed by atoms with Gasteiger partial charge in [0.25, 0.3) is 0 Å². The van der Waals surface area contributed by atoms with Gasteiger partial charge in [0.2, 0.25) is 5.28 Å². The molecular formula is C17H13ClF2N4OS. The average Bonchev–Trinajstić information content (AvgIpc) is 2.63. The highest BCUT2D eigenvalue weighted by molar-refractivity contribution is 8.00. The summed E-state index contributed by atoms with van der Waals surface area (Å²) in [6.07, 6.45) is 0.975. The van der Waals surface area contributed by atoms with Crippen LogP contribution in [-0.2, 0) is 4.84 Å². The molecule has 0 bridgehead atoms. The van der Waals surface area contributed by atoms with E-state index >= 15 is 0 Å². The normalized spacial score (nSPS) is 10.6. The van der Waals surface area contributed by atoms with Crippen LogP contribution in [0.1, 0.15) is 0 Å². The lowest BCUT2D eigenvalue weighted by Crippen LogP contribution is -2.00. The molecule has 0 saturated heterocycles. The fourth-order valence-electron chi connectivity index (χ4n) is 2.20. The molecule has 0 spiro atoms. The highest BCUT2D eigenvalue weighted by Crippen LogP contribution is 2.34. The minimum Gasteiger partial charge on any atom is -0.325 e. The summed E-state index contributed by atoms with van der Waals surface area (Å²) in [4.78, 5) is 13.2. The molecule has 0 aliphatic rings. The molecule has 134 valence electrons. The van der Waals surface area contributed by atoms with Gasteiger partial charge < -0.3 is 4.72 Å². The van der Waals surface area contributed by atoms with E-state index in [2.05, 4.69) is 20.2 Å². The molecule has 26 heavy (non-hydrogen) atoms. The maximum Gasteiger partial charge on any atom is 0.223 e. The SMILES string of the molecule is CONc1ccccc1SNc1cc(F)ccc1-c1nc(Cl)ncc1F. The van der Waals surface area contributed by atoms with Crippen LogP contribution < -0.4 is 10.2 Å². The molecule has 1 aromatic heterocycles. The molecule has 3 rings (SSSR count). The Bertz CT molecular complexity index is 929. The van der Waals surface area contributed by atoms with Gasteiger partial charge in [-0.15, -0.1) is 0 Å². The van der Waals surface area contributed by atoms with Crippen LogP contribution in [0.15, 0.2) is 53.6 Å². The van der Waals surface area contributed by atoms with Crippen molar-refractivity contribution in [3.63, 3.8) is 0 Å². The number of nitrogens with zero attached hydrogens (tertiary/aromatic N) is 2. The van der Waals surface area contributed by atoms with Crippen molar-refractivity contribution in [2.45, 2.75) is 4.90 Å². The Morgan fingerprint density at radius 2 is 1.92 bits per heavy atom. The molecule has 2 aromatic carbocycles. The number of rotatable bonds is 6. The lowest BCUT2D eigenvalue weighted by molar-refractivity contribution is 0.270. The molecule has 2 N–H and O–H groups in total. The van der Waals surface area contributed by atoms with Crippen LogP contribution in [0.2, 0.25) is 5.28 Å². The third kappa shape index (κ3) is 4.21. The summed E-state index contributed by atoms with van der Waals surface area (Å²) < 4.78 is 30.9. The summed E-state index contributed by atoms with van der Waals surface area (Å²) >= 11 is 6.98. The van der Waals surface area contributed by atoms with Gasteiger partial charge in [0, 0.05) is 5.56 Å². The zero-order valence-electron chi connectivity index (χ0n) is 13.5. The predicted molar refractivity (Wildman–Crippen MR) is 98.9 cm³/mol. The second kappa shape index (κ2) is 8.31. The third-order valence-electron chi connectivity index (χ3n) is 3.32. The smallest absolute Gasteiger partial charge is 0.223 e. The van der Waals surface area contributed by atoms with Crippen molar-refractivity contribution < 1.29 is 13.6 Å². The predicted octanol–water partition coefficient (Wildman–Crippen LogP) is 5.17. The van der Waals surface area contributed by atoms with Crippen molar-refractivity contribution in [3.8, 4) is 11.3 Å². The monoisotopic (exact) mass is 394 g/mol. The molecule has 0 aliphatic heterocycles. The first kappa shape index (κ1) is 18.4. The largest absolute Gasteiger partial charge is 0.325 e. The molecule has 0 amide bonds. The molecular weight excluding hydrogens is 382 g/mol. The molecule has 1 heterocycles. The van der Waals surface area contributed by atoms with Gasteiger partial charge in [-0.25, -0.2) is 18.7 Å². The minimum absolute atomic E-state index is 0.0172. The van der Waals surface area contributed by atoms with Crippen LogP contribution in [0, 0.1) is 11.6 Å². The van der Waals surface area contributed by atoms with Crippen LogP contribution in [0.5, 0.6) is 0 Å². The van der Waals surface area contributed by atoms with E-state index in [4.69, 9.17) is 16.4 Å². The van der Waals surface area contributed by atoms with Crippen molar-refractivity contribution in [3.05, 3.63) is 65.6 Å². The number of hydrogen-bond acceptors (Lipinski definition) is 6. The van der Waals surface area contributed by atoms with E-state index in [0.29, 0.717) is 11.3 Å². The van der Waals surface area contributed by atoms with Crippen LogP contribution >= 0.6 is 23.5 Å². The fourth-order valence-corrected chi connectivity index (χ4v) is 3.09. The summed E-state index contributed by atoms with van der Waals surface area (Å²) in [6.45, 7) is 0. The van der Waals surface area contributed by atoms with Gasteiger partial charge in [-0.2, -0.15) is 0 Å². The lowest BCUT2D eigenvalue weighted by atomic mass is 10.1. The molecule has 0 radical (unpaired) electrons. The number of benzene rings is 2. The Morgan fingerprint density at radius 1 is 1.12 bits per heavy atom. The second-order valence-electron chi connectivity index (χ2n) is 5.03. The van der Waals surface area contributed by atoms with Gasteiger partial charge in [0.05, 0.1) is 29.6 Å². The van der Waals surface area contributed by atoms with Crippen molar-refractivity contribution in [2.75, 3.05) is 17.3 Å². The molecule has 9 heteroatoms. The van der Waals surface area contributed by atoms with Gasteiger partial charge >= 0.3 is 0 Å². The van der Waals surface area contributed by atoms with Crippen LogP contribution in [0.25, 0.3) is 11.3 Å². The van der Waals surface area contributed by atoms with Gasteiger partial charge in [0.15, 0.2) is 5.82 Å². The van der Waals surface area contributed by atoms with E-state index in [1.165, 1.54) is 37.3 Å². The number of aromatic nitrogens is 2. The van der Waals surface area contributed by atoms with Crippen molar-refractivity contribution >= 4 is 34.9 Å². The fraction of sp³-hybridized carbons (Fsp3) is 0.0588. The summed E-state index contributed by atoms with van der Waals surface area (Å²) in [5, 5.41) is -0.0982. The van der Waals surface area contributed by atoms with Gasteiger partial charge in [-0.05, 0) is 53.9 Å². The van der Waals surface area contributed by atoms with Crippen molar-refractivity contribution in [2.24, 2.45) is 0 Å². The molecule has 3 aromatic rings. The lowest BCUT2D eigenvalue weighted by Gasteiger charge is -2.14. The van der Waals surface area contributed by atoms with Crippen LogP contribution in [-0.4, -0.2) is 17.1 Å². The third-order valence-corrected chi connectivity index (χ3v) is 4.40. The molecule has 0 saturated carbocycles. The summed E-state index contributed by atoms with van der Waals surface area (Å²) in [5.41, 5.74) is 4.16. The summed E-state index contributed by atoms with van der Waals surface area (Å²) in [5.74, 6) is -1.13. The Labute approximate surface area is 157 Å². The number of anilines is 2. The maximum absolute atomic E-state index is 14.1. The van der Waals surface area contributed by atoms with E-state index in [0.717, 1.165) is 16.8 Å². The second-order valence-corrected chi connectivity index (χ2v) is 6.22. The summed E-state index contributed by atoms with van der Waals surface area (Å²) in [7, 11) is 1.50. The number of nitrogens with one attached hydrogen (secondary N) is 2. The molecule has 0 fully saturated rings. The molecule has 0 aliphatic carbocycles. The Morgan fingerprint density at radius 3 is 2.73 bits per heavy atom. The zero-order chi connectivity index (χ0) is 18.5. The first-order valence-electron chi connectivity index (χ1n) is 7.37. The van der Waals surface area contributed by atoms with Crippen LogP contribution in [0.3, 0.4) is 0 Å². The first-order valence-corrected chi connectivity index (χ1v) is 8.57. The number of hydrogen-bond donors (Lipinski definition) is 2. The van der Waals surface area contributed by atoms with E-state index in [1.807, 2.05) is 24.3 Å². The van der Waals surface area contributed by atoms with Gasteiger partial charge in [-0.1, -0.05) is 12.1 Å². The standard InChI is InChI=1S/C17H13ClF2N4OS/c1-25-23-13-4-2-3-5-15(13)26-24-14-8-10(19)6-7-11(14)16-12(20)9-21-17(18)22-16/h2-9,23-24H,1H3. The minimum atomic E-state index is -0.657. The highest BCUT2D eigenvalue weighted by atomic mass is 35.5. The zero-order valence-corrected chi connectivity index (χ0v) is 15.0. The number of para-hydroxylation sites is 1. The Hall–Kier alpha value is -2.42. The molecule has 5 nitrogen and oxygen atoms in total. The van der Waals surface area contributed by atoms with Crippen LogP contribution in [0.4, 0.5) is 20.2 Å². The van der Waals surface area contributed by atoms with E-state index < -0.39 is 11.6 Å². The van der Waals surface area contributed by atoms with E-state index in [1.54, 1.807) is 0 Å². The van der Waals surface area contributed by atoms with E-state index in [-0.39, 0.29) is 11.0 Å². The Balaban J connectivity index is 1.93. The van der Waals surface area contributed by atoms with E-state index in [9.17, 15) is 8.78 Å². The molecule has 0 unspecified atom stereocenters. The topological polar surface area (TPSA) is 59.1 Å². The van der Waals surface area contributed by atoms with Crippen molar-refractivity contribution in [1.82, 2.24) is 9.97 Å². The average molecular weight is 395 g/mol. The summed E-state index contributed by atoms with van der Waals surface area (Å²) in [6, 6.07) is 11.3. The van der Waals surface area contributed by atoms with Gasteiger partial charge in [-0.3, -0.25) is 10.3 Å². The maximum atomic E-state index is 14.1. The van der Waals surface area contributed by atoms with Crippen molar-refractivity contribution in [1.29, 1.82) is 0 Å². The Kier molecular flexibility index (Phi) is 5.87. The van der Waals surface area contributed by atoms with Gasteiger partial charge in [0.1, 0.15) is 11.5 Å². The first-order chi connectivity index (χ1) is 12.6.